The first-order valence-electron chi connectivity index (χ1n) is 6.84. The minimum absolute atomic E-state index is 0.0246. The molecule has 1 amide bonds. The fraction of sp³-hybridized carbons (Fsp3) is 0.375. The molecule has 0 saturated carbocycles. The molecule has 1 aromatic carbocycles. The molecule has 2 aromatic rings. The molecule has 1 heterocycles. The summed E-state index contributed by atoms with van der Waals surface area (Å²) in [5, 5.41) is 0.702. The molecule has 1 aromatic heterocycles. The van der Waals surface area contributed by atoms with Crippen LogP contribution in [0.3, 0.4) is 0 Å². The molecule has 0 bridgehead atoms. The molecule has 1 N–H and O–H groups in total. The number of nitrogens with one attached hydrogen (secondary N) is 1. The minimum atomic E-state index is -0.511. The van der Waals surface area contributed by atoms with Gasteiger partial charge >= 0.3 is 0 Å². The Kier molecular flexibility index (Phi) is 4.02. The van der Waals surface area contributed by atoms with Crippen LogP contribution in [0.15, 0.2) is 18.3 Å². The lowest BCUT2D eigenvalue weighted by Crippen LogP contribution is -2.38. The smallest absolute Gasteiger partial charge is 0.295 e. The van der Waals surface area contributed by atoms with Crippen LogP contribution in [0.1, 0.15) is 29.8 Å². The third kappa shape index (κ3) is 2.63. The quantitative estimate of drug-likeness (QED) is 0.694. The van der Waals surface area contributed by atoms with Gasteiger partial charge in [-0.05, 0) is 38.5 Å². The highest BCUT2D eigenvalue weighted by Gasteiger charge is 2.25. The number of benzene rings is 1. The number of aromatic nitrogens is 1. The van der Waals surface area contributed by atoms with E-state index >= 15 is 0 Å². The van der Waals surface area contributed by atoms with Crippen LogP contribution >= 0.6 is 0 Å². The van der Waals surface area contributed by atoms with Gasteiger partial charge in [-0.2, -0.15) is 0 Å². The van der Waals surface area contributed by atoms with Gasteiger partial charge in [0, 0.05) is 30.2 Å². The van der Waals surface area contributed by atoms with Gasteiger partial charge in [-0.1, -0.05) is 0 Å². The van der Waals surface area contributed by atoms with E-state index < -0.39 is 11.7 Å². The van der Waals surface area contributed by atoms with E-state index in [9.17, 15) is 9.59 Å². The van der Waals surface area contributed by atoms with Crippen LogP contribution < -0.4 is 4.74 Å². The lowest BCUT2D eigenvalue weighted by Gasteiger charge is -2.20. The monoisotopic (exact) mass is 288 g/mol. The molecule has 0 aliphatic rings. The Balaban J connectivity index is 2.47. The summed E-state index contributed by atoms with van der Waals surface area (Å²) in [6, 6.07) is 3.67. The molecule has 0 radical (unpaired) electrons. The summed E-state index contributed by atoms with van der Waals surface area (Å²) in [7, 11) is 3.21. The number of nitrogens with zero attached hydrogens (tertiary/aromatic N) is 1. The lowest BCUT2D eigenvalue weighted by molar-refractivity contribution is -0.126. The van der Waals surface area contributed by atoms with Crippen molar-refractivity contribution >= 4 is 22.6 Å². The van der Waals surface area contributed by atoms with Gasteiger partial charge < -0.3 is 14.6 Å². The maximum Gasteiger partial charge on any atom is 0.295 e. The zero-order valence-corrected chi connectivity index (χ0v) is 13.0. The summed E-state index contributed by atoms with van der Waals surface area (Å²) in [6.45, 7) is 5.66. The first kappa shape index (κ1) is 15.1. The van der Waals surface area contributed by atoms with E-state index in [2.05, 4.69) is 4.98 Å². The van der Waals surface area contributed by atoms with E-state index in [1.54, 1.807) is 26.4 Å². The highest BCUT2D eigenvalue weighted by molar-refractivity contribution is 6.44. The number of hydrogen-bond donors (Lipinski definition) is 1. The molecule has 0 aliphatic carbocycles. The van der Waals surface area contributed by atoms with Crippen molar-refractivity contribution in [1.82, 2.24) is 9.88 Å². The number of methoxy groups -OCH3 is 1. The number of rotatable bonds is 4. The van der Waals surface area contributed by atoms with Crippen LogP contribution in [0.4, 0.5) is 0 Å². The molecular formula is C16H20N2O3. The number of carbonyl (C=O) groups excluding carboxylic acids is 2. The fourth-order valence-electron chi connectivity index (χ4n) is 2.18. The fourth-order valence-corrected chi connectivity index (χ4v) is 2.18. The number of H-pyrrole nitrogens is 1. The number of likely N-dealkylation sites (N-methyl/N-ethyl adjacent to an activating group) is 1. The summed E-state index contributed by atoms with van der Waals surface area (Å²) < 4.78 is 5.28. The van der Waals surface area contributed by atoms with Gasteiger partial charge in [-0.3, -0.25) is 9.59 Å². The highest BCUT2D eigenvalue weighted by atomic mass is 16.5. The molecular weight excluding hydrogens is 268 g/mol. The Morgan fingerprint density at radius 2 is 1.95 bits per heavy atom. The largest absolute Gasteiger partial charge is 0.496 e. The number of ketones is 1. The van der Waals surface area contributed by atoms with E-state index in [4.69, 9.17) is 4.74 Å². The maximum absolute atomic E-state index is 12.4. The van der Waals surface area contributed by atoms with Crippen LogP contribution in [0.5, 0.6) is 5.75 Å². The number of aromatic amines is 1. The molecule has 0 saturated heterocycles. The minimum Gasteiger partial charge on any atom is -0.496 e. The number of hydrogen-bond acceptors (Lipinski definition) is 3. The highest BCUT2D eigenvalue weighted by Crippen LogP contribution is 2.27. The van der Waals surface area contributed by atoms with Gasteiger partial charge in [0.25, 0.3) is 11.7 Å². The average molecular weight is 288 g/mol. The second-order valence-corrected chi connectivity index (χ2v) is 5.41. The molecule has 0 fully saturated rings. The normalized spacial score (nSPS) is 11.0. The zero-order valence-electron chi connectivity index (χ0n) is 13.0. The molecule has 5 nitrogen and oxygen atoms in total. The standard InChI is InChI=1S/C16H20N2O3/c1-9(2)18(4)16(20)15(19)12-8-17-13-6-10(3)14(21-5)7-11(12)13/h6-9,17H,1-5H3. The van der Waals surface area contributed by atoms with Crippen LogP contribution in [-0.4, -0.2) is 41.8 Å². The van der Waals surface area contributed by atoms with Crippen LogP contribution in [-0.2, 0) is 4.79 Å². The first-order valence-corrected chi connectivity index (χ1v) is 6.84. The molecule has 0 unspecified atom stereocenters. The average Bonchev–Trinajstić information content (AvgIpc) is 2.86. The van der Waals surface area contributed by atoms with Crippen LogP contribution in [0.2, 0.25) is 0 Å². The molecule has 0 atom stereocenters. The van der Waals surface area contributed by atoms with Gasteiger partial charge in [0.15, 0.2) is 0 Å². The van der Waals surface area contributed by atoms with E-state index in [0.29, 0.717) is 16.7 Å². The van der Waals surface area contributed by atoms with Crippen molar-refractivity contribution in [2.45, 2.75) is 26.8 Å². The maximum atomic E-state index is 12.4. The number of Topliss-reactive ketones (excluding diaryl/α,β-unsaturated/α-hetero) is 1. The SMILES string of the molecule is COc1cc2c(C(=O)C(=O)N(C)C(C)C)c[nH]c2cc1C. The second kappa shape index (κ2) is 5.60. The van der Waals surface area contributed by atoms with Gasteiger partial charge in [-0.25, -0.2) is 0 Å². The van der Waals surface area contributed by atoms with Crippen molar-refractivity contribution in [3.63, 3.8) is 0 Å². The second-order valence-electron chi connectivity index (χ2n) is 5.41. The van der Waals surface area contributed by atoms with Crippen molar-refractivity contribution in [3.8, 4) is 5.75 Å². The Bertz CT molecular complexity index is 701. The van der Waals surface area contributed by atoms with E-state index in [1.807, 2.05) is 26.8 Å². The van der Waals surface area contributed by atoms with E-state index in [0.717, 1.165) is 11.1 Å². The predicted molar refractivity (Wildman–Crippen MR) is 81.8 cm³/mol. The summed E-state index contributed by atoms with van der Waals surface area (Å²) in [6.07, 6.45) is 1.58. The number of aryl methyl sites for hydroxylation is 1. The van der Waals surface area contributed by atoms with Gasteiger partial charge in [-0.15, -0.1) is 0 Å². The van der Waals surface area contributed by atoms with Crippen molar-refractivity contribution in [3.05, 3.63) is 29.5 Å². The Morgan fingerprint density at radius 3 is 2.52 bits per heavy atom. The summed E-state index contributed by atoms with van der Waals surface area (Å²) in [5.74, 6) is -0.324. The van der Waals surface area contributed by atoms with Gasteiger partial charge in [0.1, 0.15) is 5.75 Å². The van der Waals surface area contributed by atoms with Gasteiger partial charge in [0.2, 0.25) is 0 Å². The van der Waals surface area contributed by atoms with Crippen LogP contribution in [0, 0.1) is 6.92 Å². The Labute approximate surface area is 123 Å². The Morgan fingerprint density at radius 1 is 1.29 bits per heavy atom. The molecule has 5 heteroatoms. The number of carbonyl (C=O) groups is 2. The van der Waals surface area contributed by atoms with Crippen LogP contribution in [0.25, 0.3) is 10.9 Å². The predicted octanol–water partition coefficient (Wildman–Crippen LogP) is 2.53. The lowest BCUT2D eigenvalue weighted by atomic mass is 10.1. The summed E-state index contributed by atoms with van der Waals surface area (Å²) in [4.78, 5) is 29.1. The molecule has 0 aliphatic heterocycles. The van der Waals surface area contributed by atoms with Crippen molar-refractivity contribution in [1.29, 1.82) is 0 Å². The number of fused-ring (bicyclic) bond motifs is 1. The third-order valence-electron chi connectivity index (χ3n) is 3.73. The zero-order chi connectivity index (χ0) is 15.7. The first-order chi connectivity index (χ1) is 9.86. The Hall–Kier alpha value is -2.30. The van der Waals surface area contributed by atoms with Crippen molar-refractivity contribution in [2.24, 2.45) is 0 Å². The topological polar surface area (TPSA) is 62.4 Å². The van der Waals surface area contributed by atoms with Crippen molar-refractivity contribution < 1.29 is 14.3 Å². The van der Waals surface area contributed by atoms with Gasteiger partial charge in [0.05, 0.1) is 12.7 Å². The molecule has 21 heavy (non-hydrogen) atoms. The molecule has 2 rings (SSSR count). The van der Waals surface area contributed by atoms with E-state index in [1.165, 1.54) is 4.90 Å². The number of ether oxygens (including phenoxy) is 1. The van der Waals surface area contributed by atoms with E-state index in [-0.39, 0.29) is 6.04 Å². The molecule has 112 valence electrons. The summed E-state index contributed by atoms with van der Waals surface area (Å²) >= 11 is 0. The third-order valence-corrected chi connectivity index (χ3v) is 3.73. The van der Waals surface area contributed by atoms with Crippen molar-refractivity contribution in [2.75, 3.05) is 14.2 Å². The molecule has 0 spiro atoms. The number of amides is 1. The summed E-state index contributed by atoms with van der Waals surface area (Å²) in [5.41, 5.74) is 2.16.